The molecule has 0 amide bonds. The van der Waals surface area contributed by atoms with E-state index >= 15 is 0 Å². The minimum absolute atomic E-state index is 0.522. The minimum Gasteiger partial charge on any atom is -0.315 e. The molecule has 1 aromatic heterocycles. The molecule has 1 N–H and O–H groups in total. The predicted octanol–water partition coefficient (Wildman–Crippen LogP) is 2.65. The summed E-state index contributed by atoms with van der Waals surface area (Å²) in [4.78, 5) is 0. The Morgan fingerprint density at radius 2 is 2.11 bits per heavy atom. The molecule has 0 aliphatic carbocycles. The largest absolute Gasteiger partial charge is 0.315 e. The number of benzene rings is 1. The van der Waals surface area contributed by atoms with Crippen molar-refractivity contribution in [3.63, 3.8) is 0 Å². The molecule has 2 aromatic rings. The number of hydrogen-bond acceptors (Lipinski definition) is 2. The summed E-state index contributed by atoms with van der Waals surface area (Å²) in [5, 5.41) is 7.87. The summed E-state index contributed by atoms with van der Waals surface area (Å²) >= 11 is 0. The van der Waals surface area contributed by atoms with Crippen molar-refractivity contribution < 1.29 is 0 Å². The van der Waals surface area contributed by atoms with Crippen LogP contribution in [0.15, 0.2) is 36.7 Å². The number of aryl methyl sites for hydroxylation is 1. The van der Waals surface area contributed by atoms with Crippen LogP contribution in [0.5, 0.6) is 0 Å². The van der Waals surface area contributed by atoms with Crippen LogP contribution in [0.25, 0.3) is 11.1 Å². The van der Waals surface area contributed by atoms with E-state index in [1.54, 1.807) is 0 Å². The molecule has 18 heavy (non-hydrogen) atoms. The Kier molecular flexibility index (Phi) is 3.15. The van der Waals surface area contributed by atoms with Crippen molar-refractivity contribution in [2.75, 3.05) is 13.1 Å². The van der Waals surface area contributed by atoms with Gasteiger partial charge in [0, 0.05) is 18.3 Å². The van der Waals surface area contributed by atoms with Crippen molar-refractivity contribution in [2.24, 2.45) is 0 Å². The Morgan fingerprint density at radius 3 is 2.78 bits per heavy atom. The lowest BCUT2D eigenvalue weighted by molar-refractivity contribution is 0.491. The standard InChI is InChI=1S/C15H19N3/c1-2-12-3-5-13(6-4-12)14-9-17-18(11-14)15-7-8-16-10-15/h3-6,9,11,15-16H,2,7-8,10H2,1H3. The van der Waals surface area contributed by atoms with Crippen LogP contribution in [0.3, 0.4) is 0 Å². The Labute approximate surface area is 108 Å². The normalized spacial score (nSPS) is 19.3. The highest BCUT2D eigenvalue weighted by Gasteiger charge is 2.17. The molecule has 0 saturated carbocycles. The number of nitrogens with one attached hydrogen (secondary N) is 1. The molecule has 3 nitrogen and oxygen atoms in total. The highest BCUT2D eigenvalue weighted by molar-refractivity contribution is 5.61. The molecule has 2 heterocycles. The van der Waals surface area contributed by atoms with Gasteiger partial charge in [0.2, 0.25) is 0 Å². The topological polar surface area (TPSA) is 29.9 Å². The maximum absolute atomic E-state index is 4.49. The van der Waals surface area contributed by atoms with E-state index in [1.165, 1.54) is 23.1 Å². The van der Waals surface area contributed by atoms with E-state index in [4.69, 9.17) is 0 Å². The highest BCUT2D eigenvalue weighted by Crippen LogP contribution is 2.22. The second-order valence-electron chi connectivity index (χ2n) is 4.91. The third-order valence-electron chi connectivity index (χ3n) is 3.71. The molecule has 0 spiro atoms. The summed E-state index contributed by atoms with van der Waals surface area (Å²) in [6.45, 7) is 4.32. The van der Waals surface area contributed by atoms with Gasteiger partial charge in [-0.15, -0.1) is 0 Å². The second kappa shape index (κ2) is 4.94. The van der Waals surface area contributed by atoms with Crippen molar-refractivity contribution in [2.45, 2.75) is 25.8 Å². The van der Waals surface area contributed by atoms with Crippen LogP contribution < -0.4 is 5.32 Å². The number of rotatable bonds is 3. The molecular weight excluding hydrogens is 222 g/mol. The Balaban J connectivity index is 1.82. The van der Waals surface area contributed by atoms with Crippen LogP contribution in [-0.4, -0.2) is 22.9 Å². The van der Waals surface area contributed by atoms with Crippen LogP contribution in [-0.2, 0) is 6.42 Å². The fourth-order valence-corrected chi connectivity index (χ4v) is 2.48. The van der Waals surface area contributed by atoms with Crippen molar-refractivity contribution in [3.8, 4) is 11.1 Å². The Bertz CT molecular complexity index is 507. The molecule has 3 rings (SSSR count). The molecule has 1 saturated heterocycles. The average molecular weight is 241 g/mol. The first-order valence-electron chi connectivity index (χ1n) is 6.71. The first kappa shape index (κ1) is 11.5. The Morgan fingerprint density at radius 1 is 1.28 bits per heavy atom. The number of aromatic nitrogens is 2. The molecule has 0 radical (unpaired) electrons. The molecule has 1 atom stereocenters. The van der Waals surface area contributed by atoms with Gasteiger partial charge in [0.25, 0.3) is 0 Å². The molecule has 0 bridgehead atoms. The van der Waals surface area contributed by atoms with E-state index < -0.39 is 0 Å². The van der Waals surface area contributed by atoms with Gasteiger partial charge in [-0.25, -0.2) is 0 Å². The summed E-state index contributed by atoms with van der Waals surface area (Å²) in [6, 6.07) is 9.29. The first-order chi connectivity index (χ1) is 8.86. The molecule has 1 aromatic carbocycles. The molecule has 1 aliphatic rings. The fraction of sp³-hybridized carbons (Fsp3) is 0.400. The van der Waals surface area contributed by atoms with E-state index in [0.29, 0.717) is 6.04 Å². The average Bonchev–Trinajstić information content (AvgIpc) is 3.09. The fourth-order valence-electron chi connectivity index (χ4n) is 2.48. The maximum atomic E-state index is 4.49. The van der Waals surface area contributed by atoms with Gasteiger partial charge in [0.1, 0.15) is 0 Å². The lowest BCUT2D eigenvalue weighted by Crippen LogP contribution is -2.13. The molecule has 1 aliphatic heterocycles. The van der Waals surface area contributed by atoms with Gasteiger partial charge in [-0.3, -0.25) is 4.68 Å². The van der Waals surface area contributed by atoms with Gasteiger partial charge in [0.15, 0.2) is 0 Å². The molecular formula is C15H19N3. The van der Waals surface area contributed by atoms with E-state index in [0.717, 1.165) is 19.5 Å². The third-order valence-corrected chi connectivity index (χ3v) is 3.71. The van der Waals surface area contributed by atoms with Crippen LogP contribution in [0, 0.1) is 0 Å². The van der Waals surface area contributed by atoms with Crippen LogP contribution >= 0.6 is 0 Å². The molecule has 3 heteroatoms. The van der Waals surface area contributed by atoms with Gasteiger partial charge in [-0.05, 0) is 30.5 Å². The van der Waals surface area contributed by atoms with Crippen LogP contribution in [0.1, 0.15) is 24.9 Å². The number of hydrogen-bond donors (Lipinski definition) is 1. The smallest absolute Gasteiger partial charge is 0.0655 e. The summed E-state index contributed by atoms with van der Waals surface area (Å²) in [6.07, 6.45) is 6.40. The van der Waals surface area contributed by atoms with Crippen molar-refractivity contribution in [1.29, 1.82) is 0 Å². The highest BCUT2D eigenvalue weighted by atomic mass is 15.3. The maximum Gasteiger partial charge on any atom is 0.0655 e. The zero-order chi connectivity index (χ0) is 12.4. The quantitative estimate of drug-likeness (QED) is 0.895. The van der Waals surface area contributed by atoms with E-state index in [9.17, 15) is 0 Å². The van der Waals surface area contributed by atoms with E-state index in [-0.39, 0.29) is 0 Å². The van der Waals surface area contributed by atoms with Gasteiger partial charge in [-0.1, -0.05) is 31.2 Å². The summed E-state index contributed by atoms with van der Waals surface area (Å²) in [5.41, 5.74) is 3.85. The van der Waals surface area contributed by atoms with Crippen molar-refractivity contribution >= 4 is 0 Å². The summed E-state index contributed by atoms with van der Waals surface area (Å²) in [5.74, 6) is 0. The first-order valence-corrected chi connectivity index (χ1v) is 6.71. The van der Waals surface area contributed by atoms with Crippen LogP contribution in [0.2, 0.25) is 0 Å². The van der Waals surface area contributed by atoms with E-state index in [1.807, 2.05) is 6.20 Å². The van der Waals surface area contributed by atoms with Crippen molar-refractivity contribution in [3.05, 3.63) is 42.2 Å². The predicted molar refractivity (Wildman–Crippen MR) is 73.6 cm³/mol. The monoisotopic (exact) mass is 241 g/mol. The van der Waals surface area contributed by atoms with E-state index in [2.05, 4.69) is 52.5 Å². The zero-order valence-electron chi connectivity index (χ0n) is 10.8. The molecule has 1 unspecified atom stereocenters. The SMILES string of the molecule is CCc1ccc(-c2cnn(C3CCNC3)c2)cc1. The molecule has 94 valence electrons. The number of nitrogens with zero attached hydrogens (tertiary/aromatic N) is 2. The van der Waals surface area contributed by atoms with Gasteiger partial charge in [0.05, 0.1) is 12.2 Å². The van der Waals surface area contributed by atoms with Gasteiger partial charge in [-0.2, -0.15) is 5.10 Å². The van der Waals surface area contributed by atoms with Gasteiger partial charge >= 0.3 is 0 Å². The Hall–Kier alpha value is -1.61. The molecule has 1 fully saturated rings. The lowest BCUT2D eigenvalue weighted by atomic mass is 10.1. The van der Waals surface area contributed by atoms with Gasteiger partial charge < -0.3 is 5.32 Å². The summed E-state index contributed by atoms with van der Waals surface area (Å²) in [7, 11) is 0. The second-order valence-corrected chi connectivity index (χ2v) is 4.91. The lowest BCUT2D eigenvalue weighted by Gasteiger charge is -2.07. The van der Waals surface area contributed by atoms with Crippen molar-refractivity contribution in [1.82, 2.24) is 15.1 Å². The van der Waals surface area contributed by atoms with Crippen LogP contribution in [0.4, 0.5) is 0 Å². The minimum atomic E-state index is 0.522. The zero-order valence-corrected chi connectivity index (χ0v) is 10.8. The third kappa shape index (κ3) is 2.18. The summed E-state index contributed by atoms with van der Waals surface area (Å²) < 4.78 is 2.10.